The Bertz CT molecular complexity index is 913. The van der Waals surface area contributed by atoms with Crippen LogP contribution in [-0.2, 0) is 0 Å². The van der Waals surface area contributed by atoms with Crippen LogP contribution in [0.4, 0.5) is 31.9 Å². The van der Waals surface area contributed by atoms with E-state index in [4.69, 9.17) is 0 Å². The largest absolute Gasteiger partial charge is 0.368 e. The van der Waals surface area contributed by atoms with E-state index in [-0.39, 0.29) is 5.95 Å². The third-order valence-corrected chi connectivity index (χ3v) is 4.45. The maximum atomic E-state index is 13.3. The number of anilines is 4. The summed E-state index contributed by atoms with van der Waals surface area (Å²) in [5.41, 5.74) is 1.57. The zero-order valence-electron chi connectivity index (χ0n) is 14.5. The molecule has 0 atom stereocenters. The number of para-hydroxylation sites is 1. The Morgan fingerprint density at radius 1 is 0.852 bits per heavy atom. The number of benzene rings is 2. The predicted molar refractivity (Wildman–Crippen MR) is 100 cm³/mol. The minimum Gasteiger partial charge on any atom is -0.368 e. The quantitative estimate of drug-likeness (QED) is 0.763. The van der Waals surface area contributed by atoms with Gasteiger partial charge in [0.25, 0.3) is 0 Å². The molecule has 1 aliphatic heterocycles. The number of piperazine rings is 1. The summed E-state index contributed by atoms with van der Waals surface area (Å²) in [7, 11) is 0. The topological polar surface area (TPSA) is 57.2 Å². The van der Waals surface area contributed by atoms with E-state index < -0.39 is 11.6 Å². The van der Waals surface area contributed by atoms with Crippen molar-refractivity contribution in [1.29, 1.82) is 0 Å². The first kappa shape index (κ1) is 17.1. The van der Waals surface area contributed by atoms with Gasteiger partial charge in [-0.1, -0.05) is 18.2 Å². The van der Waals surface area contributed by atoms with Crippen molar-refractivity contribution in [2.24, 2.45) is 0 Å². The molecule has 0 radical (unpaired) electrons. The molecule has 138 valence electrons. The summed E-state index contributed by atoms with van der Waals surface area (Å²) < 4.78 is 26.4. The van der Waals surface area contributed by atoms with E-state index in [1.165, 1.54) is 11.8 Å². The van der Waals surface area contributed by atoms with Crippen LogP contribution in [0.25, 0.3) is 0 Å². The molecule has 0 bridgehead atoms. The van der Waals surface area contributed by atoms with Gasteiger partial charge in [-0.2, -0.15) is 10.1 Å². The monoisotopic (exact) mass is 368 g/mol. The van der Waals surface area contributed by atoms with Gasteiger partial charge in [-0.15, -0.1) is 5.10 Å². The Balaban J connectivity index is 1.43. The molecule has 2 heterocycles. The van der Waals surface area contributed by atoms with Crippen LogP contribution in [0.15, 0.2) is 54.7 Å². The summed E-state index contributed by atoms with van der Waals surface area (Å²) in [4.78, 5) is 8.90. The third-order valence-electron chi connectivity index (χ3n) is 4.45. The van der Waals surface area contributed by atoms with Crippen LogP contribution in [0.2, 0.25) is 0 Å². The molecule has 8 heteroatoms. The van der Waals surface area contributed by atoms with Gasteiger partial charge in [0.1, 0.15) is 0 Å². The van der Waals surface area contributed by atoms with Crippen molar-refractivity contribution >= 4 is 23.1 Å². The van der Waals surface area contributed by atoms with Gasteiger partial charge in [0.15, 0.2) is 17.5 Å². The van der Waals surface area contributed by atoms with Crippen molar-refractivity contribution in [2.75, 3.05) is 41.3 Å². The van der Waals surface area contributed by atoms with Crippen LogP contribution < -0.4 is 15.1 Å². The van der Waals surface area contributed by atoms with Gasteiger partial charge in [-0.3, -0.25) is 0 Å². The molecule has 6 nitrogen and oxygen atoms in total. The van der Waals surface area contributed by atoms with E-state index in [1.54, 1.807) is 6.20 Å². The van der Waals surface area contributed by atoms with Gasteiger partial charge in [0, 0.05) is 43.6 Å². The van der Waals surface area contributed by atoms with E-state index in [0.29, 0.717) is 11.5 Å². The standard InChI is InChI=1S/C19H18F2N6/c20-16-7-6-14(12-17(16)21)23-19-24-18(13-22-25-19)27-10-8-26(9-11-27)15-4-2-1-3-5-15/h1-7,12-13H,8-11H2,(H,23,24,25). The van der Waals surface area contributed by atoms with Crippen LogP contribution in [0, 0.1) is 11.6 Å². The Morgan fingerprint density at radius 2 is 1.59 bits per heavy atom. The molecule has 1 aromatic heterocycles. The first-order valence-electron chi connectivity index (χ1n) is 8.66. The zero-order chi connectivity index (χ0) is 18.6. The maximum Gasteiger partial charge on any atom is 0.249 e. The van der Waals surface area contributed by atoms with Crippen molar-refractivity contribution < 1.29 is 8.78 Å². The van der Waals surface area contributed by atoms with Gasteiger partial charge in [-0.05, 0) is 24.3 Å². The zero-order valence-corrected chi connectivity index (χ0v) is 14.5. The van der Waals surface area contributed by atoms with E-state index in [0.717, 1.165) is 38.3 Å². The molecule has 1 aliphatic rings. The second-order valence-electron chi connectivity index (χ2n) is 6.20. The average molecular weight is 368 g/mol. The van der Waals surface area contributed by atoms with Crippen molar-refractivity contribution in [1.82, 2.24) is 15.2 Å². The molecule has 2 aromatic carbocycles. The SMILES string of the molecule is Fc1ccc(Nc2nncc(N3CCN(c4ccccc4)CC3)n2)cc1F. The lowest BCUT2D eigenvalue weighted by Gasteiger charge is -2.36. The molecule has 27 heavy (non-hydrogen) atoms. The molecule has 0 amide bonds. The highest BCUT2D eigenvalue weighted by atomic mass is 19.2. The summed E-state index contributed by atoms with van der Waals surface area (Å²) >= 11 is 0. The molecule has 1 N–H and O–H groups in total. The molecule has 0 saturated carbocycles. The predicted octanol–water partition coefficient (Wildman–Crippen LogP) is 3.22. The number of nitrogens with zero attached hydrogens (tertiary/aromatic N) is 5. The molecule has 1 saturated heterocycles. The maximum absolute atomic E-state index is 13.3. The summed E-state index contributed by atoms with van der Waals surface area (Å²) in [6, 6.07) is 13.8. The summed E-state index contributed by atoms with van der Waals surface area (Å²) in [5, 5.41) is 10.8. The average Bonchev–Trinajstić information content (AvgIpc) is 2.72. The second-order valence-corrected chi connectivity index (χ2v) is 6.20. The fraction of sp³-hybridized carbons (Fsp3) is 0.211. The first-order chi connectivity index (χ1) is 13.2. The Labute approximate surface area is 155 Å². The molecular formula is C19H18F2N6. The molecule has 0 unspecified atom stereocenters. The van der Waals surface area contributed by atoms with Crippen LogP contribution in [0.5, 0.6) is 0 Å². The van der Waals surface area contributed by atoms with Crippen molar-refractivity contribution in [3.8, 4) is 0 Å². The van der Waals surface area contributed by atoms with Crippen molar-refractivity contribution in [2.45, 2.75) is 0 Å². The van der Waals surface area contributed by atoms with Gasteiger partial charge in [-0.25, -0.2) is 8.78 Å². The second kappa shape index (κ2) is 7.53. The van der Waals surface area contributed by atoms with Crippen LogP contribution in [-0.4, -0.2) is 41.4 Å². The Kier molecular flexibility index (Phi) is 4.78. The molecule has 1 fully saturated rings. The highest BCUT2D eigenvalue weighted by Gasteiger charge is 2.19. The summed E-state index contributed by atoms with van der Waals surface area (Å²) in [5.74, 6) is -0.891. The van der Waals surface area contributed by atoms with E-state index in [9.17, 15) is 8.78 Å². The molecule has 4 rings (SSSR count). The Morgan fingerprint density at radius 3 is 2.33 bits per heavy atom. The highest BCUT2D eigenvalue weighted by Crippen LogP contribution is 2.20. The number of rotatable bonds is 4. The van der Waals surface area contributed by atoms with Gasteiger partial charge in [0.05, 0.1) is 6.20 Å². The van der Waals surface area contributed by atoms with Crippen LogP contribution >= 0.6 is 0 Å². The summed E-state index contributed by atoms with van der Waals surface area (Å²) in [6.07, 6.45) is 1.61. The van der Waals surface area contributed by atoms with E-state index in [1.807, 2.05) is 18.2 Å². The fourth-order valence-electron chi connectivity index (χ4n) is 3.04. The van der Waals surface area contributed by atoms with Gasteiger partial charge >= 0.3 is 0 Å². The minimum absolute atomic E-state index is 0.240. The van der Waals surface area contributed by atoms with Crippen molar-refractivity contribution in [3.05, 3.63) is 66.4 Å². The minimum atomic E-state index is -0.929. The number of hydrogen-bond donors (Lipinski definition) is 1. The van der Waals surface area contributed by atoms with E-state index in [2.05, 4.69) is 42.4 Å². The molecule has 3 aromatic rings. The number of halogens is 2. The fourth-order valence-corrected chi connectivity index (χ4v) is 3.04. The summed E-state index contributed by atoms with van der Waals surface area (Å²) in [6.45, 7) is 3.36. The lowest BCUT2D eigenvalue weighted by atomic mass is 10.2. The first-order valence-corrected chi connectivity index (χ1v) is 8.66. The van der Waals surface area contributed by atoms with Gasteiger partial charge < -0.3 is 15.1 Å². The smallest absolute Gasteiger partial charge is 0.249 e. The molecular weight excluding hydrogens is 350 g/mol. The highest BCUT2D eigenvalue weighted by molar-refractivity contribution is 5.55. The van der Waals surface area contributed by atoms with Gasteiger partial charge in [0.2, 0.25) is 5.95 Å². The lowest BCUT2D eigenvalue weighted by molar-refractivity contribution is 0.509. The number of nitrogens with one attached hydrogen (secondary N) is 1. The normalized spacial score (nSPS) is 14.3. The lowest BCUT2D eigenvalue weighted by Crippen LogP contribution is -2.46. The molecule has 0 spiro atoms. The number of aromatic nitrogens is 3. The molecule has 0 aliphatic carbocycles. The van der Waals surface area contributed by atoms with Crippen LogP contribution in [0.3, 0.4) is 0 Å². The third kappa shape index (κ3) is 3.94. The Hall–Kier alpha value is -3.29. The van der Waals surface area contributed by atoms with Crippen molar-refractivity contribution in [3.63, 3.8) is 0 Å². The van der Waals surface area contributed by atoms with Crippen LogP contribution in [0.1, 0.15) is 0 Å². The van der Waals surface area contributed by atoms with E-state index >= 15 is 0 Å². The number of hydrogen-bond acceptors (Lipinski definition) is 6.